The van der Waals surface area contributed by atoms with Crippen molar-refractivity contribution in [1.29, 1.82) is 0 Å². The topological polar surface area (TPSA) is 122 Å². The number of nitrogens with zero attached hydrogens (tertiary/aromatic N) is 7. The summed E-state index contributed by atoms with van der Waals surface area (Å²) in [5.41, 5.74) is 5.30. The van der Waals surface area contributed by atoms with Gasteiger partial charge in [-0.3, -0.25) is 29.1 Å². The van der Waals surface area contributed by atoms with Crippen molar-refractivity contribution in [2.75, 3.05) is 23.7 Å². The van der Waals surface area contributed by atoms with Gasteiger partial charge < -0.3 is 10.6 Å². The third kappa shape index (κ3) is 4.35. The van der Waals surface area contributed by atoms with E-state index in [1.807, 2.05) is 20.9 Å². The molecule has 0 spiro atoms. The van der Waals surface area contributed by atoms with Crippen LogP contribution in [0.1, 0.15) is 41.0 Å². The van der Waals surface area contributed by atoms with Crippen molar-refractivity contribution < 1.29 is 9.59 Å². The molecule has 2 amide bonds. The Bertz CT molecular complexity index is 1520. The molecule has 2 atom stereocenters. The molecule has 37 heavy (non-hydrogen) atoms. The Balaban J connectivity index is 1.16. The van der Waals surface area contributed by atoms with Crippen LogP contribution in [0, 0.1) is 19.8 Å². The maximum Gasteiger partial charge on any atom is 0.259 e. The van der Waals surface area contributed by atoms with Crippen LogP contribution in [0.15, 0.2) is 37.1 Å². The predicted octanol–water partition coefficient (Wildman–Crippen LogP) is 2.82. The first kappa shape index (κ1) is 23.3. The number of hydrogen-bond acceptors (Lipinski definition) is 7. The van der Waals surface area contributed by atoms with Gasteiger partial charge in [-0.15, -0.1) is 0 Å². The van der Waals surface area contributed by atoms with Gasteiger partial charge in [-0.1, -0.05) is 0 Å². The molecule has 1 saturated heterocycles. The van der Waals surface area contributed by atoms with Crippen LogP contribution in [0.2, 0.25) is 0 Å². The van der Waals surface area contributed by atoms with Gasteiger partial charge >= 0.3 is 0 Å². The SMILES string of the molecule is Cc1ncc(NC(=O)CN2C[C@H]3CC[C@@H]2C3)cc1NC(=O)c1cnn2cc(-c3cnn(C)c3C)ncc12. The number of carbonyl (C=O) groups is 2. The van der Waals surface area contributed by atoms with Gasteiger partial charge in [-0.25, -0.2) is 4.52 Å². The molecule has 11 nitrogen and oxygen atoms in total. The van der Waals surface area contributed by atoms with Crippen molar-refractivity contribution in [3.05, 3.63) is 54.0 Å². The number of carbonyl (C=O) groups excluding carboxylic acids is 2. The van der Waals surface area contributed by atoms with Gasteiger partial charge in [0.2, 0.25) is 5.91 Å². The van der Waals surface area contributed by atoms with Gasteiger partial charge in [0.15, 0.2) is 0 Å². The largest absolute Gasteiger partial charge is 0.324 e. The second-order valence-electron chi connectivity index (χ2n) is 10.0. The molecule has 190 valence electrons. The quantitative estimate of drug-likeness (QED) is 0.418. The second-order valence-corrected chi connectivity index (χ2v) is 10.0. The zero-order valence-electron chi connectivity index (χ0n) is 21.1. The lowest BCUT2D eigenvalue weighted by Gasteiger charge is -2.25. The molecule has 2 aliphatic rings. The lowest BCUT2D eigenvalue weighted by atomic mass is 10.1. The highest BCUT2D eigenvalue weighted by molar-refractivity contribution is 6.09. The van der Waals surface area contributed by atoms with Gasteiger partial charge in [0.25, 0.3) is 5.91 Å². The molecule has 0 aromatic carbocycles. The van der Waals surface area contributed by atoms with E-state index in [4.69, 9.17) is 0 Å². The monoisotopic (exact) mass is 499 g/mol. The maximum absolute atomic E-state index is 13.2. The summed E-state index contributed by atoms with van der Waals surface area (Å²) in [6.07, 6.45) is 12.0. The van der Waals surface area contributed by atoms with E-state index in [0.717, 1.165) is 29.4 Å². The van der Waals surface area contributed by atoms with Gasteiger partial charge in [0.1, 0.15) is 0 Å². The van der Waals surface area contributed by atoms with Crippen LogP contribution in [-0.2, 0) is 11.8 Å². The molecule has 4 aromatic heterocycles. The third-order valence-electron chi connectivity index (χ3n) is 7.65. The minimum absolute atomic E-state index is 0.0659. The number of hydrogen-bond donors (Lipinski definition) is 2. The fraction of sp³-hybridized carbons (Fsp3) is 0.385. The zero-order valence-corrected chi connectivity index (χ0v) is 21.1. The van der Waals surface area contributed by atoms with Crippen LogP contribution in [0.4, 0.5) is 11.4 Å². The first-order chi connectivity index (χ1) is 17.9. The molecule has 2 fully saturated rings. The highest BCUT2D eigenvalue weighted by Crippen LogP contribution is 2.37. The molecule has 0 radical (unpaired) electrons. The van der Waals surface area contributed by atoms with E-state index in [0.29, 0.717) is 40.7 Å². The number of aryl methyl sites for hydroxylation is 2. The lowest BCUT2D eigenvalue weighted by Crippen LogP contribution is -2.38. The highest BCUT2D eigenvalue weighted by atomic mass is 16.2. The molecule has 5 heterocycles. The highest BCUT2D eigenvalue weighted by Gasteiger charge is 2.38. The number of pyridine rings is 1. The van der Waals surface area contributed by atoms with Crippen LogP contribution in [0.5, 0.6) is 0 Å². The first-order valence-corrected chi connectivity index (χ1v) is 12.5. The lowest BCUT2D eigenvalue weighted by molar-refractivity contribution is -0.117. The number of piperidine rings is 1. The number of amides is 2. The predicted molar refractivity (Wildman–Crippen MR) is 138 cm³/mol. The van der Waals surface area contributed by atoms with E-state index in [2.05, 4.69) is 35.7 Å². The summed E-state index contributed by atoms with van der Waals surface area (Å²) in [7, 11) is 1.88. The number of fused-ring (bicyclic) bond motifs is 3. The Morgan fingerprint density at radius 1 is 1.05 bits per heavy atom. The van der Waals surface area contributed by atoms with Crippen molar-refractivity contribution in [3.8, 4) is 11.3 Å². The summed E-state index contributed by atoms with van der Waals surface area (Å²) in [5.74, 6) is 0.342. The molecule has 6 rings (SSSR count). The average Bonchev–Trinajstić information content (AvgIpc) is 3.66. The van der Waals surface area contributed by atoms with E-state index in [9.17, 15) is 9.59 Å². The molecular weight excluding hydrogens is 470 g/mol. The zero-order chi connectivity index (χ0) is 25.7. The number of anilines is 2. The van der Waals surface area contributed by atoms with E-state index in [1.165, 1.54) is 25.5 Å². The van der Waals surface area contributed by atoms with Crippen molar-refractivity contribution in [2.24, 2.45) is 13.0 Å². The summed E-state index contributed by atoms with van der Waals surface area (Å²) in [6, 6.07) is 2.27. The maximum atomic E-state index is 13.2. The fourth-order valence-corrected chi connectivity index (χ4v) is 5.47. The van der Waals surface area contributed by atoms with E-state index in [-0.39, 0.29) is 11.8 Å². The van der Waals surface area contributed by atoms with Gasteiger partial charge in [-0.2, -0.15) is 10.2 Å². The minimum Gasteiger partial charge on any atom is -0.324 e. The Labute approximate surface area is 213 Å². The first-order valence-electron chi connectivity index (χ1n) is 12.5. The Morgan fingerprint density at radius 2 is 1.92 bits per heavy atom. The molecule has 11 heteroatoms. The molecule has 1 aliphatic heterocycles. The van der Waals surface area contributed by atoms with E-state index >= 15 is 0 Å². The molecule has 1 aliphatic carbocycles. The number of aromatic nitrogens is 6. The fourth-order valence-electron chi connectivity index (χ4n) is 5.47. The van der Waals surface area contributed by atoms with Crippen molar-refractivity contribution in [2.45, 2.75) is 39.2 Å². The van der Waals surface area contributed by atoms with E-state index in [1.54, 1.807) is 40.1 Å². The minimum atomic E-state index is -0.330. The van der Waals surface area contributed by atoms with Crippen molar-refractivity contribution in [3.63, 3.8) is 0 Å². The molecule has 2 bridgehead atoms. The summed E-state index contributed by atoms with van der Waals surface area (Å²) in [5, 5.41) is 14.5. The summed E-state index contributed by atoms with van der Waals surface area (Å²) in [6.45, 7) is 5.16. The summed E-state index contributed by atoms with van der Waals surface area (Å²) < 4.78 is 3.42. The molecule has 2 N–H and O–H groups in total. The number of rotatable bonds is 6. The van der Waals surface area contributed by atoms with Crippen LogP contribution in [0.3, 0.4) is 0 Å². The summed E-state index contributed by atoms with van der Waals surface area (Å²) in [4.78, 5) is 37.0. The van der Waals surface area contributed by atoms with Gasteiger partial charge in [0.05, 0.1) is 71.4 Å². The van der Waals surface area contributed by atoms with Gasteiger partial charge in [0, 0.05) is 30.9 Å². The van der Waals surface area contributed by atoms with Crippen LogP contribution in [-0.4, -0.2) is 65.2 Å². The van der Waals surface area contributed by atoms with E-state index < -0.39 is 0 Å². The van der Waals surface area contributed by atoms with Crippen LogP contribution in [0.25, 0.3) is 16.8 Å². The standard InChI is InChI=1S/C26H29N9O2/c1-15-22(7-18(8-27-15)31-25(36)14-34-12-17-4-5-19(34)6-17)32-26(37)21-10-30-35-13-23(28-11-24(21)35)20-9-29-33(3)16(20)2/h7-11,13,17,19H,4-6,12,14H2,1-3H3,(H,31,36)(H,32,37)/t17-,19+/m0/s1. The molecular formula is C26H29N9O2. The van der Waals surface area contributed by atoms with Crippen molar-refractivity contribution in [1.82, 2.24) is 34.3 Å². The van der Waals surface area contributed by atoms with Crippen LogP contribution >= 0.6 is 0 Å². The normalized spacial score (nSPS) is 19.0. The Hall–Kier alpha value is -4.12. The molecule has 1 saturated carbocycles. The Morgan fingerprint density at radius 3 is 2.65 bits per heavy atom. The molecule has 0 unspecified atom stereocenters. The van der Waals surface area contributed by atoms with Crippen LogP contribution < -0.4 is 10.6 Å². The third-order valence-corrected chi connectivity index (χ3v) is 7.65. The Kier molecular flexibility index (Phi) is 5.71. The van der Waals surface area contributed by atoms with Gasteiger partial charge in [-0.05, 0) is 45.1 Å². The summed E-state index contributed by atoms with van der Waals surface area (Å²) >= 11 is 0. The smallest absolute Gasteiger partial charge is 0.259 e. The number of likely N-dealkylation sites (tertiary alicyclic amines) is 1. The molecule has 4 aromatic rings. The second kappa shape index (κ2) is 9.07. The van der Waals surface area contributed by atoms with Crippen molar-refractivity contribution >= 4 is 28.7 Å². The number of nitrogens with one attached hydrogen (secondary N) is 2. The average molecular weight is 500 g/mol.